The van der Waals surface area contributed by atoms with E-state index in [0.717, 1.165) is 16.9 Å². The summed E-state index contributed by atoms with van der Waals surface area (Å²) < 4.78 is 10.5. The van der Waals surface area contributed by atoms with Gasteiger partial charge in [-0.1, -0.05) is 179 Å². The lowest BCUT2D eigenvalue weighted by Crippen LogP contribution is -2.37. The van der Waals surface area contributed by atoms with Crippen LogP contribution in [0.2, 0.25) is 0 Å². The molecule has 6 heterocycles. The molecule has 4 atom stereocenters. The fourth-order valence-electron chi connectivity index (χ4n) is 13.3. The van der Waals surface area contributed by atoms with E-state index in [2.05, 4.69) is 391 Å². The lowest BCUT2D eigenvalue weighted by Gasteiger charge is -2.34. The summed E-state index contributed by atoms with van der Waals surface area (Å²) in [7, 11) is 4.17. The topological polar surface area (TPSA) is 56.7 Å². The Bertz CT molecular complexity index is 4530. The average molecular weight is 1260 g/mol. The van der Waals surface area contributed by atoms with Crippen molar-refractivity contribution < 1.29 is 9.10 Å². The molecule has 486 valence electrons. The maximum Gasteiger partial charge on any atom is 0.203 e. The molecule has 11 heteroatoms. The van der Waals surface area contributed by atoms with Crippen LogP contribution in [0.25, 0.3) is 38.5 Å². The van der Waals surface area contributed by atoms with Gasteiger partial charge in [0.1, 0.15) is 35.3 Å². The van der Waals surface area contributed by atoms with Crippen LogP contribution in [0, 0.1) is 34.6 Å². The van der Waals surface area contributed by atoms with Crippen LogP contribution in [0.5, 0.6) is 0 Å². The Hall–Kier alpha value is -10.4. The number of furan rings is 1. The van der Waals surface area contributed by atoms with Crippen LogP contribution in [0.1, 0.15) is 106 Å². The number of fused-ring (bicyclic) bond motifs is 4. The molecule has 0 spiro atoms. The highest BCUT2D eigenvalue weighted by molar-refractivity contribution is 6.09. The van der Waals surface area contributed by atoms with Crippen LogP contribution in [0.4, 0.5) is 34.1 Å². The van der Waals surface area contributed by atoms with Crippen molar-refractivity contribution in [2.75, 3.05) is 36.4 Å². The third kappa shape index (κ3) is 14.0. The van der Waals surface area contributed by atoms with E-state index < -0.39 is 0 Å². The Morgan fingerprint density at radius 3 is 1.42 bits per heavy atom. The molecule has 0 amide bonds. The van der Waals surface area contributed by atoms with Gasteiger partial charge in [0.2, 0.25) is 6.20 Å². The number of nitrogens with one attached hydrogen (secondary N) is 1. The van der Waals surface area contributed by atoms with Crippen LogP contribution in [-0.2, 0) is 7.05 Å². The minimum absolute atomic E-state index is 0.262. The highest BCUT2D eigenvalue weighted by Gasteiger charge is 2.31. The van der Waals surface area contributed by atoms with Gasteiger partial charge in [0.25, 0.3) is 0 Å². The first kappa shape index (κ1) is 66.1. The fraction of sp³-hybridized carbons (Fsp3) is 0.250. The van der Waals surface area contributed by atoms with Crippen molar-refractivity contribution in [1.82, 2.24) is 14.9 Å². The summed E-state index contributed by atoms with van der Waals surface area (Å²) in [6.45, 7) is 28.7. The van der Waals surface area contributed by atoms with E-state index in [1.807, 2.05) is 24.4 Å². The minimum Gasteiger partial charge on any atom is -0.454 e. The molecule has 11 aromatic rings. The molecule has 0 unspecified atom stereocenters. The zero-order valence-corrected chi connectivity index (χ0v) is 58.2. The molecule has 11 nitrogen and oxygen atoms in total. The molecule has 0 bridgehead atoms. The molecular formula is C84H95N10O+. The maximum atomic E-state index is 6.17. The van der Waals surface area contributed by atoms with Crippen LogP contribution < -0.4 is 39.4 Å². The van der Waals surface area contributed by atoms with Crippen molar-refractivity contribution in [3.05, 3.63) is 301 Å². The molecule has 4 aliphatic rings. The first-order chi connectivity index (χ1) is 45.9. The second kappa shape index (κ2) is 29.3. The summed E-state index contributed by atoms with van der Waals surface area (Å²) in [5.74, 6) is 1.00. The van der Waals surface area contributed by atoms with E-state index in [1.165, 1.54) is 94.7 Å². The smallest absolute Gasteiger partial charge is 0.203 e. The molecule has 4 aliphatic heterocycles. The van der Waals surface area contributed by atoms with Gasteiger partial charge in [0.15, 0.2) is 12.6 Å². The van der Waals surface area contributed by atoms with Gasteiger partial charge in [0.05, 0.1) is 17.2 Å². The van der Waals surface area contributed by atoms with Gasteiger partial charge >= 0.3 is 0 Å². The fourth-order valence-corrected chi connectivity index (χ4v) is 13.3. The number of hydrogen-bond donors (Lipinski definition) is 1. The summed E-state index contributed by atoms with van der Waals surface area (Å²) in [5.41, 5.74) is 21.3. The average Bonchev–Trinajstić information content (AvgIpc) is 1.63. The normalized spacial score (nSPS) is 17.0. The Labute approximate surface area is 564 Å². The molecule has 0 aliphatic carbocycles. The SMILES string of the molecule is Cc1ccc2c(oc3ccccc32)c1N1C=CN(C)[C@@H]1C.Cc1ccccc1-n1c2ccccc2c[n+]1C.Cc1ccccc1N1C=CN(c2c(C(C)C)cccc2C(C)C)[C@@H]1C.Cc1ccccc1N1C=CN(c2ccccc2)[C@@H]1C.Cc1ccccc1N1C=CN[C@@H]1C. The lowest BCUT2D eigenvalue weighted by molar-refractivity contribution is -0.741. The van der Waals surface area contributed by atoms with E-state index in [-0.39, 0.29) is 6.17 Å². The second-order valence-electron chi connectivity index (χ2n) is 25.9. The standard InChI is InChI=1S/C23H30N2.C18H18N2O.C17H18N2.C15H15N2.C11H14N2/c1-16(2)20-11-9-12-21(17(3)4)23(20)25-15-14-24(19(25)6)22-13-8-7-10-18(22)5;1-12-8-9-15-14-6-4-5-7-16(14)21-18(15)17(12)20-11-10-19(3)13(20)2;1-14-8-6-7-11-17(14)19-13-12-18(15(19)2)16-9-4-3-5-10-16;1-12-7-3-5-9-14(12)17-15-10-6-4-8-13(15)11-16(17)2;1-9-5-3-4-6-11(9)13-8-7-12-10(13)2/h7-17,19H,1-6H3;4-11,13H,1-3H3;3-13,15H,1-2H3;3-11H,1-2H3;3-8,10,12H,1-2H3/q;;;+1;/t19-;13-;15-;;10-/m100.0/s1. The number of aryl methyl sites for hydroxylation is 6. The summed E-state index contributed by atoms with van der Waals surface area (Å²) >= 11 is 0. The van der Waals surface area contributed by atoms with E-state index in [0.29, 0.717) is 30.3 Å². The highest BCUT2D eigenvalue weighted by atomic mass is 16.3. The van der Waals surface area contributed by atoms with Crippen LogP contribution >= 0.6 is 0 Å². The van der Waals surface area contributed by atoms with Gasteiger partial charge in [-0.15, -0.1) is 9.36 Å². The van der Waals surface area contributed by atoms with Crippen LogP contribution in [0.15, 0.2) is 266 Å². The zero-order valence-electron chi connectivity index (χ0n) is 58.2. The van der Waals surface area contributed by atoms with Gasteiger partial charge < -0.3 is 44.0 Å². The number of anilines is 6. The quantitative estimate of drug-likeness (QED) is 0.142. The van der Waals surface area contributed by atoms with Crippen molar-refractivity contribution in [1.29, 1.82) is 0 Å². The van der Waals surface area contributed by atoms with Crippen LogP contribution in [-0.4, -0.2) is 41.3 Å². The number of benzene rings is 9. The van der Waals surface area contributed by atoms with E-state index in [9.17, 15) is 0 Å². The van der Waals surface area contributed by atoms with E-state index >= 15 is 0 Å². The molecule has 0 saturated carbocycles. The van der Waals surface area contributed by atoms with Crippen molar-refractivity contribution in [3.63, 3.8) is 0 Å². The number of nitrogens with zero attached hydrogens (tertiary/aromatic N) is 9. The van der Waals surface area contributed by atoms with Crippen molar-refractivity contribution >= 4 is 67.0 Å². The Balaban J connectivity index is 0.000000123. The number of aromatic nitrogens is 2. The molecule has 0 fully saturated rings. The zero-order chi connectivity index (χ0) is 67.0. The van der Waals surface area contributed by atoms with Gasteiger partial charge in [-0.05, 0) is 168 Å². The summed E-state index contributed by atoms with van der Waals surface area (Å²) in [4.78, 5) is 16.1. The third-order valence-electron chi connectivity index (χ3n) is 18.8. The van der Waals surface area contributed by atoms with Crippen molar-refractivity contribution in [3.8, 4) is 5.69 Å². The van der Waals surface area contributed by atoms with E-state index in [4.69, 9.17) is 4.42 Å². The van der Waals surface area contributed by atoms with Crippen molar-refractivity contribution in [2.45, 2.75) is 127 Å². The van der Waals surface area contributed by atoms with Gasteiger partial charge in [-0.2, -0.15) is 0 Å². The van der Waals surface area contributed by atoms with Crippen molar-refractivity contribution in [2.24, 2.45) is 7.05 Å². The summed E-state index contributed by atoms with van der Waals surface area (Å²) in [6, 6.07) is 72.2. The number of rotatable bonds is 9. The monoisotopic (exact) mass is 1260 g/mol. The first-order valence-electron chi connectivity index (χ1n) is 33.6. The molecule has 0 radical (unpaired) electrons. The first-order valence-corrected chi connectivity index (χ1v) is 33.6. The molecular weight excluding hydrogens is 1160 g/mol. The van der Waals surface area contributed by atoms with Gasteiger partial charge in [0, 0.05) is 95.9 Å². The van der Waals surface area contributed by atoms with Crippen LogP contribution in [0.3, 0.4) is 0 Å². The Morgan fingerprint density at radius 2 is 0.874 bits per heavy atom. The molecule has 2 aromatic heterocycles. The number of hydrogen-bond acceptors (Lipinski definition) is 9. The maximum absolute atomic E-state index is 6.17. The minimum atomic E-state index is 0.262. The van der Waals surface area contributed by atoms with E-state index in [1.54, 1.807) is 0 Å². The summed E-state index contributed by atoms with van der Waals surface area (Å²) in [6.07, 6.45) is 20.4. The summed E-state index contributed by atoms with van der Waals surface area (Å²) in [5, 5.41) is 6.86. The molecule has 15 rings (SSSR count). The molecule has 9 aromatic carbocycles. The van der Waals surface area contributed by atoms with Gasteiger partial charge in [-0.3, -0.25) is 0 Å². The Morgan fingerprint density at radius 1 is 0.400 bits per heavy atom. The molecule has 0 saturated heterocycles. The predicted octanol–water partition coefficient (Wildman–Crippen LogP) is 20.0. The third-order valence-corrected chi connectivity index (χ3v) is 18.8. The Kier molecular flexibility index (Phi) is 20.4. The predicted molar refractivity (Wildman–Crippen MR) is 402 cm³/mol. The highest BCUT2D eigenvalue weighted by Crippen LogP contribution is 2.42. The second-order valence-corrected chi connectivity index (χ2v) is 25.9. The van der Waals surface area contributed by atoms with Gasteiger partial charge in [-0.25, -0.2) is 0 Å². The molecule has 1 N–H and O–H groups in total. The lowest BCUT2D eigenvalue weighted by atomic mass is 9.92. The number of para-hydroxylation sites is 8. The molecule has 95 heavy (non-hydrogen) atoms. The largest absolute Gasteiger partial charge is 0.454 e.